The number of hydrogen-bond acceptors (Lipinski definition) is 5. The number of ether oxygens (including phenoxy) is 1. The fourth-order valence-electron chi connectivity index (χ4n) is 3.99. The molecule has 1 fully saturated rings. The molecular weight excluding hydrogens is 420 g/mol. The molecular formula is C23H27ClN2O5. The number of halogens is 1. The van der Waals surface area contributed by atoms with Gasteiger partial charge in [-0.15, -0.1) is 0 Å². The van der Waals surface area contributed by atoms with Gasteiger partial charge in [-0.25, -0.2) is 4.79 Å². The van der Waals surface area contributed by atoms with Gasteiger partial charge < -0.3 is 10.1 Å². The second kappa shape index (κ2) is 9.64. The van der Waals surface area contributed by atoms with Crippen molar-refractivity contribution in [2.45, 2.75) is 52.2 Å². The summed E-state index contributed by atoms with van der Waals surface area (Å²) in [5.41, 5.74) is 0.400. The van der Waals surface area contributed by atoms with Gasteiger partial charge in [-0.3, -0.25) is 19.3 Å². The van der Waals surface area contributed by atoms with Gasteiger partial charge in [-0.1, -0.05) is 49.7 Å². The molecule has 1 aromatic carbocycles. The Bertz CT molecular complexity index is 887. The van der Waals surface area contributed by atoms with Crippen molar-refractivity contribution in [3.05, 3.63) is 41.4 Å². The van der Waals surface area contributed by atoms with Crippen LogP contribution in [0.15, 0.2) is 36.4 Å². The molecule has 1 aromatic rings. The molecule has 8 heteroatoms. The van der Waals surface area contributed by atoms with E-state index in [1.165, 1.54) is 6.92 Å². The summed E-state index contributed by atoms with van der Waals surface area (Å²) >= 11 is 6.06. The Kier molecular flexibility index (Phi) is 7.15. The molecule has 0 radical (unpaired) electrons. The normalized spacial score (nSPS) is 22.3. The van der Waals surface area contributed by atoms with Crippen molar-refractivity contribution < 1.29 is 23.9 Å². The number of rotatable bonds is 7. The number of carbonyl (C=O) groups excluding carboxylic acids is 4. The van der Waals surface area contributed by atoms with Crippen molar-refractivity contribution in [3.8, 4) is 0 Å². The minimum atomic E-state index is -1.13. The van der Waals surface area contributed by atoms with Crippen molar-refractivity contribution >= 4 is 41.0 Å². The van der Waals surface area contributed by atoms with E-state index in [1.54, 1.807) is 24.3 Å². The Balaban J connectivity index is 1.73. The molecule has 0 aromatic heterocycles. The fourth-order valence-corrected chi connectivity index (χ4v) is 4.17. The zero-order chi connectivity index (χ0) is 22.7. The van der Waals surface area contributed by atoms with Crippen LogP contribution in [0.25, 0.3) is 0 Å². The van der Waals surface area contributed by atoms with E-state index in [4.69, 9.17) is 16.3 Å². The van der Waals surface area contributed by atoms with Crippen LogP contribution in [-0.4, -0.2) is 40.7 Å². The zero-order valence-corrected chi connectivity index (χ0v) is 18.6. The third kappa shape index (κ3) is 4.98. The Morgan fingerprint density at radius 3 is 2.23 bits per heavy atom. The van der Waals surface area contributed by atoms with Gasteiger partial charge in [0.05, 0.1) is 22.5 Å². The summed E-state index contributed by atoms with van der Waals surface area (Å²) in [6.45, 7) is 5.23. The SMILES string of the molecule is CC(C)CC(C(=O)OC(C)C(=O)Nc1ccccc1Cl)N1C(=O)C2CC=CCC2C1=O. The van der Waals surface area contributed by atoms with Gasteiger partial charge in [0.25, 0.3) is 5.91 Å². The van der Waals surface area contributed by atoms with Gasteiger partial charge in [0, 0.05) is 0 Å². The highest BCUT2D eigenvalue weighted by atomic mass is 35.5. The second-order valence-electron chi connectivity index (χ2n) is 8.40. The number of likely N-dealkylation sites (tertiary alicyclic amines) is 1. The van der Waals surface area contributed by atoms with Crippen molar-refractivity contribution in [1.29, 1.82) is 0 Å². The molecule has 31 heavy (non-hydrogen) atoms. The zero-order valence-electron chi connectivity index (χ0n) is 17.8. The van der Waals surface area contributed by atoms with E-state index in [0.717, 1.165) is 4.90 Å². The largest absolute Gasteiger partial charge is 0.451 e. The highest BCUT2D eigenvalue weighted by Crippen LogP contribution is 2.37. The molecule has 3 amide bonds. The van der Waals surface area contributed by atoms with E-state index in [1.807, 2.05) is 26.0 Å². The highest BCUT2D eigenvalue weighted by Gasteiger charge is 2.51. The van der Waals surface area contributed by atoms with Crippen molar-refractivity contribution in [3.63, 3.8) is 0 Å². The van der Waals surface area contributed by atoms with Crippen molar-refractivity contribution in [2.75, 3.05) is 5.32 Å². The van der Waals surface area contributed by atoms with Gasteiger partial charge in [-0.2, -0.15) is 0 Å². The lowest BCUT2D eigenvalue weighted by Gasteiger charge is -2.27. The number of hydrogen-bond donors (Lipinski definition) is 1. The molecule has 4 atom stereocenters. The lowest BCUT2D eigenvalue weighted by atomic mass is 9.85. The molecule has 1 aliphatic carbocycles. The number of nitrogens with zero attached hydrogens (tertiary/aromatic N) is 1. The number of anilines is 1. The Morgan fingerprint density at radius 1 is 1.10 bits per heavy atom. The molecule has 4 unspecified atom stereocenters. The predicted molar refractivity (Wildman–Crippen MR) is 116 cm³/mol. The lowest BCUT2D eigenvalue weighted by molar-refractivity contribution is -0.164. The first-order valence-electron chi connectivity index (χ1n) is 10.5. The number of amides is 3. The molecule has 3 rings (SSSR count). The number of imide groups is 1. The molecule has 0 saturated carbocycles. The maximum Gasteiger partial charge on any atom is 0.330 e. The van der Waals surface area contributed by atoms with Crippen LogP contribution in [0.4, 0.5) is 5.69 Å². The highest BCUT2D eigenvalue weighted by molar-refractivity contribution is 6.33. The summed E-state index contributed by atoms with van der Waals surface area (Å²) in [4.78, 5) is 52.5. The standard InChI is InChI=1S/C23H27ClN2O5/c1-13(2)12-19(26-21(28)15-8-4-5-9-16(15)22(26)29)23(30)31-14(3)20(27)25-18-11-7-6-10-17(18)24/h4-7,10-11,13-16,19H,8-9,12H2,1-3H3,(H,25,27). The van der Waals surface area contributed by atoms with Gasteiger partial charge in [0.15, 0.2) is 6.10 Å². The number of esters is 1. The number of fused-ring (bicyclic) bond motifs is 1. The van der Waals surface area contributed by atoms with Gasteiger partial charge in [-0.05, 0) is 44.2 Å². The van der Waals surface area contributed by atoms with E-state index in [9.17, 15) is 19.2 Å². The minimum absolute atomic E-state index is 0.0335. The molecule has 0 bridgehead atoms. The maximum atomic E-state index is 13.0. The quantitative estimate of drug-likeness (QED) is 0.392. The second-order valence-corrected chi connectivity index (χ2v) is 8.80. The summed E-state index contributed by atoms with van der Waals surface area (Å²) in [7, 11) is 0. The summed E-state index contributed by atoms with van der Waals surface area (Å²) in [6.07, 6.45) is 3.91. The maximum absolute atomic E-state index is 13.0. The smallest absolute Gasteiger partial charge is 0.330 e. The van der Waals surface area contributed by atoms with Crippen LogP contribution >= 0.6 is 11.6 Å². The molecule has 7 nitrogen and oxygen atoms in total. The Morgan fingerprint density at radius 2 is 1.68 bits per heavy atom. The van der Waals surface area contributed by atoms with E-state index in [-0.39, 0.29) is 24.2 Å². The Hall–Kier alpha value is -2.67. The third-order valence-electron chi connectivity index (χ3n) is 5.61. The average molecular weight is 447 g/mol. The summed E-state index contributed by atoms with van der Waals surface area (Å²) in [5, 5.41) is 2.98. The van der Waals surface area contributed by atoms with Crippen LogP contribution in [-0.2, 0) is 23.9 Å². The van der Waals surface area contributed by atoms with Crippen LogP contribution < -0.4 is 5.32 Å². The first-order valence-corrected chi connectivity index (χ1v) is 10.9. The summed E-state index contributed by atoms with van der Waals surface area (Å²) in [6, 6.07) is 5.66. The summed E-state index contributed by atoms with van der Waals surface area (Å²) < 4.78 is 5.39. The molecule has 166 valence electrons. The van der Waals surface area contributed by atoms with E-state index in [2.05, 4.69) is 5.32 Å². The molecule has 2 aliphatic rings. The molecule has 1 heterocycles. The molecule has 0 spiro atoms. The number of nitrogens with one attached hydrogen (secondary N) is 1. The summed E-state index contributed by atoms with van der Waals surface area (Å²) in [5.74, 6) is -2.82. The van der Waals surface area contributed by atoms with Crippen LogP contribution in [0.2, 0.25) is 5.02 Å². The topological polar surface area (TPSA) is 92.8 Å². The van der Waals surface area contributed by atoms with Gasteiger partial charge >= 0.3 is 5.97 Å². The number of para-hydroxylation sites is 1. The molecule has 1 N–H and O–H groups in total. The average Bonchev–Trinajstić information content (AvgIpc) is 2.98. The van der Waals surface area contributed by atoms with E-state index < -0.39 is 35.9 Å². The fraction of sp³-hybridized carbons (Fsp3) is 0.478. The third-order valence-corrected chi connectivity index (χ3v) is 5.94. The van der Waals surface area contributed by atoms with E-state index >= 15 is 0 Å². The Labute approximate surface area is 186 Å². The molecule has 1 saturated heterocycles. The van der Waals surface area contributed by atoms with E-state index in [0.29, 0.717) is 23.6 Å². The molecule has 1 aliphatic heterocycles. The van der Waals surface area contributed by atoms with Crippen LogP contribution in [0.1, 0.15) is 40.0 Å². The van der Waals surface area contributed by atoms with Crippen molar-refractivity contribution in [1.82, 2.24) is 4.90 Å². The van der Waals surface area contributed by atoms with Crippen LogP contribution in [0, 0.1) is 17.8 Å². The van der Waals surface area contributed by atoms with Crippen LogP contribution in [0.5, 0.6) is 0 Å². The van der Waals surface area contributed by atoms with Gasteiger partial charge in [0.1, 0.15) is 6.04 Å². The minimum Gasteiger partial charge on any atom is -0.451 e. The van der Waals surface area contributed by atoms with Crippen LogP contribution in [0.3, 0.4) is 0 Å². The number of carbonyl (C=O) groups is 4. The van der Waals surface area contributed by atoms with Gasteiger partial charge in [0.2, 0.25) is 11.8 Å². The van der Waals surface area contributed by atoms with Crippen molar-refractivity contribution in [2.24, 2.45) is 17.8 Å². The first-order chi connectivity index (χ1) is 14.7. The first kappa shape index (κ1) is 23.0. The monoisotopic (exact) mass is 446 g/mol. The lowest BCUT2D eigenvalue weighted by Crippen LogP contribution is -2.48. The number of benzene rings is 1. The number of allylic oxidation sites excluding steroid dienone is 2. The predicted octanol–water partition coefficient (Wildman–Crippen LogP) is 3.58.